The van der Waals surface area contributed by atoms with Crippen LogP contribution in [0.15, 0.2) is 23.5 Å². The van der Waals surface area contributed by atoms with E-state index >= 15 is 0 Å². The fourth-order valence-electron chi connectivity index (χ4n) is 0.773. The van der Waals surface area contributed by atoms with Gasteiger partial charge in [0, 0.05) is 6.92 Å². The van der Waals surface area contributed by atoms with Gasteiger partial charge in [0.05, 0.1) is 12.9 Å². The van der Waals surface area contributed by atoms with Crippen LogP contribution < -0.4 is 0 Å². The van der Waals surface area contributed by atoms with Crippen LogP contribution in [0, 0.1) is 0 Å². The number of hydrogen-bond acceptors (Lipinski definition) is 3. The van der Waals surface area contributed by atoms with Gasteiger partial charge in [-0.2, -0.15) is 0 Å². The van der Waals surface area contributed by atoms with Gasteiger partial charge < -0.3 is 9.47 Å². The molecule has 3 heteroatoms. The van der Waals surface area contributed by atoms with E-state index in [2.05, 4.69) is 0 Å². The largest absolute Gasteiger partial charge is 0.502 e. The Bertz CT molecular complexity index is 239. The first-order chi connectivity index (χ1) is 6.56. The smallest absolute Gasteiger partial charge is 0.302 e. The van der Waals surface area contributed by atoms with Crippen LogP contribution in [0.2, 0.25) is 0 Å². The van der Waals surface area contributed by atoms with E-state index in [4.69, 9.17) is 9.47 Å². The molecule has 3 nitrogen and oxygen atoms in total. The summed E-state index contributed by atoms with van der Waals surface area (Å²) in [5.41, 5.74) is 1.16. The number of ether oxygens (including phenoxy) is 2. The molecular weight excluding hydrogens is 180 g/mol. The van der Waals surface area contributed by atoms with Crippen molar-refractivity contribution >= 4 is 5.97 Å². The van der Waals surface area contributed by atoms with Gasteiger partial charge in [-0.3, -0.25) is 4.79 Å². The summed E-state index contributed by atoms with van der Waals surface area (Å²) in [6, 6.07) is 0. The lowest BCUT2D eigenvalue weighted by molar-refractivity contribution is -0.139. The monoisotopic (exact) mass is 198 g/mol. The van der Waals surface area contributed by atoms with Crippen LogP contribution in [0.5, 0.6) is 0 Å². The van der Waals surface area contributed by atoms with Crippen molar-refractivity contribution in [3.63, 3.8) is 0 Å². The predicted octanol–water partition coefficient (Wildman–Crippen LogP) is 2.44. The van der Waals surface area contributed by atoms with E-state index in [1.807, 2.05) is 26.0 Å². The van der Waals surface area contributed by atoms with E-state index in [-0.39, 0.29) is 5.97 Å². The Hall–Kier alpha value is -1.25. The van der Waals surface area contributed by atoms with E-state index in [1.165, 1.54) is 6.92 Å². The molecule has 0 atom stereocenters. The van der Waals surface area contributed by atoms with Gasteiger partial charge >= 0.3 is 5.97 Å². The molecule has 0 spiro atoms. The maximum Gasteiger partial charge on any atom is 0.302 e. The van der Waals surface area contributed by atoms with Gasteiger partial charge in [-0.05, 0) is 32.4 Å². The van der Waals surface area contributed by atoms with Crippen LogP contribution >= 0.6 is 0 Å². The molecule has 0 rings (SSSR count). The van der Waals surface area contributed by atoms with E-state index in [9.17, 15) is 4.79 Å². The minimum atomic E-state index is -0.252. The first-order valence-electron chi connectivity index (χ1n) is 4.56. The highest BCUT2D eigenvalue weighted by Gasteiger charge is 1.91. The first kappa shape index (κ1) is 12.8. The summed E-state index contributed by atoms with van der Waals surface area (Å²) in [5, 5.41) is 0. The molecule has 0 N–H and O–H groups in total. The number of esters is 1. The summed E-state index contributed by atoms with van der Waals surface area (Å²) in [6.45, 7) is 5.64. The van der Waals surface area contributed by atoms with E-state index in [1.54, 1.807) is 7.11 Å². The number of carbonyl (C=O) groups excluding carboxylic acids is 1. The predicted molar refractivity (Wildman–Crippen MR) is 55.8 cm³/mol. The van der Waals surface area contributed by atoms with Gasteiger partial charge in [-0.1, -0.05) is 5.57 Å². The number of allylic oxidation sites excluding steroid dienone is 3. The van der Waals surface area contributed by atoms with Crippen molar-refractivity contribution in [3.8, 4) is 0 Å². The van der Waals surface area contributed by atoms with Crippen molar-refractivity contribution in [3.05, 3.63) is 23.5 Å². The second-order valence-electron chi connectivity index (χ2n) is 3.08. The van der Waals surface area contributed by atoms with Crippen molar-refractivity contribution in [1.29, 1.82) is 0 Å². The van der Waals surface area contributed by atoms with E-state index in [0.29, 0.717) is 6.61 Å². The minimum absolute atomic E-state index is 0.252. The summed E-state index contributed by atoms with van der Waals surface area (Å²) in [6.07, 6.45) is 4.70. The summed E-state index contributed by atoms with van der Waals surface area (Å²) >= 11 is 0. The molecule has 0 aliphatic rings. The quantitative estimate of drug-likeness (QED) is 0.386. The summed E-state index contributed by atoms with van der Waals surface area (Å²) < 4.78 is 9.77. The Morgan fingerprint density at radius 1 is 1.21 bits per heavy atom. The molecule has 0 aromatic carbocycles. The lowest BCUT2D eigenvalue weighted by Gasteiger charge is -2.00. The topological polar surface area (TPSA) is 35.5 Å². The standard InChI is InChI=1S/C11H18O3/c1-9(5-6-10(2)13-4)7-8-14-11(3)12/h6-7H,5,8H2,1-4H3/b9-7+,10-6+. The van der Waals surface area contributed by atoms with Gasteiger partial charge in [0.25, 0.3) is 0 Å². The zero-order valence-corrected chi connectivity index (χ0v) is 9.29. The lowest BCUT2D eigenvalue weighted by atomic mass is 10.2. The fourth-order valence-corrected chi connectivity index (χ4v) is 0.773. The number of methoxy groups -OCH3 is 1. The van der Waals surface area contributed by atoms with Crippen LogP contribution in [0.25, 0.3) is 0 Å². The molecule has 0 saturated heterocycles. The molecule has 0 aliphatic carbocycles. The Balaban J connectivity index is 3.83. The van der Waals surface area contributed by atoms with Gasteiger partial charge in [0.15, 0.2) is 0 Å². The number of hydrogen-bond donors (Lipinski definition) is 0. The van der Waals surface area contributed by atoms with Crippen LogP contribution in [0.1, 0.15) is 27.2 Å². The van der Waals surface area contributed by atoms with Crippen molar-refractivity contribution in [2.45, 2.75) is 27.2 Å². The van der Waals surface area contributed by atoms with Crippen molar-refractivity contribution in [2.75, 3.05) is 13.7 Å². The molecule has 0 aromatic heterocycles. The number of carbonyl (C=O) groups is 1. The maximum absolute atomic E-state index is 10.5. The lowest BCUT2D eigenvalue weighted by Crippen LogP contribution is -1.98. The van der Waals surface area contributed by atoms with Crippen LogP contribution in [-0.4, -0.2) is 19.7 Å². The average Bonchev–Trinajstić information content (AvgIpc) is 2.13. The Morgan fingerprint density at radius 2 is 1.86 bits per heavy atom. The zero-order chi connectivity index (χ0) is 11.0. The highest BCUT2D eigenvalue weighted by atomic mass is 16.5. The second-order valence-corrected chi connectivity index (χ2v) is 3.08. The normalized spacial score (nSPS) is 12.6. The highest BCUT2D eigenvalue weighted by Crippen LogP contribution is 2.04. The van der Waals surface area contributed by atoms with Crippen LogP contribution in [-0.2, 0) is 14.3 Å². The third kappa shape index (κ3) is 7.40. The third-order valence-electron chi connectivity index (χ3n) is 1.75. The molecule has 0 fully saturated rings. The van der Waals surface area contributed by atoms with Gasteiger partial charge in [0.2, 0.25) is 0 Å². The second kappa shape index (κ2) is 7.18. The van der Waals surface area contributed by atoms with E-state index < -0.39 is 0 Å². The summed E-state index contributed by atoms with van der Waals surface area (Å²) in [5.74, 6) is 0.642. The molecule has 0 amide bonds. The fraction of sp³-hybridized carbons (Fsp3) is 0.545. The van der Waals surface area contributed by atoms with E-state index in [0.717, 1.165) is 17.8 Å². The SMILES string of the molecule is CO/C(C)=C/C/C(C)=C/COC(C)=O. The van der Waals surface area contributed by atoms with Gasteiger partial charge in [0.1, 0.15) is 6.61 Å². The Kier molecular flexibility index (Phi) is 6.54. The van der Waals surface area contributed by atoms with Crippen molar-refractivity contribution in [1.82, 2.24) is 0 Å². The minimum Gasteiger partial charge on any atom is -0.502 e. The molecule has 0 radical (unpaired) electrons. The maximum atomic E-state index is 10.5. The molecule has 0 aliphatic heterocycles. The molecule has 0 heterocycles. The molecule has 80 valence electrons. The number of rotatable bonds is 5. The average molecular weight is 198 g/mol. The van der Waals surface area contributed by atoms with Gasteiger partial charge in [-0.25, -0.2) is 0 Å². The molecule has 0 bridgehead atoms. The Labute approximate surface area is 85.4 Å². The Morgan fingerprint density at radius 3 is 2.36 bits per heavy atom. The van der Waals surface area contributed by atoms with Crippen molar-refractivity contribution in [2.24, 2.45) is 0 Å². The molecule has 14 heavy (non-hydrogen) atoms. The third-order valence-corrected chi connectivity index (χ3v) is 1.75. The van der Waals surface area contributed by atoms with Crippen LogP contribution in [0.3, 0.4) is 0 Å². The summed E-state index contributed by atoms with van der Waals surface area (Å²) in [4.78, 5) is 10.5. The highest BCUT2D eigenvalue weighted by molar-refractivity contribution is 5.66. The first-order valence-corrected chi connectivity index (χ1v) is 4.56. The van der Waals surface area contributed by atoms with Crippen molar-refractivity contribution < 1.29 is 14.3 Å². The zero-order valence-electron chi connectivity index (χ0n) is 9.29. The molecule has 0 unspecified atom stereocenters. The van der Waals surface area contributed by atoms with Crippen LogP contribution in [0.4, 0.5) is 0 Å². The molecule has 0 aromatic rings. The van der Waals surface area contributed by atoms with Gasteiger partial charge in [-0.15, -0.1) is 0 Å². The molecular formula is C11H18O3. The summed E-state index contributed by atoms with van der Waals surface area (Å²) in [7, 11) is 1.64. The molecule has 0 saturated carbocycles.